The van der Waals surface area contributed by atoms with Gasteiger partial charge in [-0.2, -0.15) is 4.31 Å². The van der Waals surface area contributed by atoms with Crippen molar-refractivity contribution < 1.29 is 13.2 Å². The molecule has 0 radical (unpaired) electrons. The third-order valence-corrected chi connectivity index (χ3v) is 6.98. The Morgan fingerprint density at radius 2 is 1.80 bits per heavy atom. The molecule has 1 fully saturated rings. The van der Waals surface area contributed by atoms with Crippen LogP contribution in [0.25, 0.3) is 0 Å². The first-order valence-electron chi connectivity index (χ1n) is 8.06. The van der Waals surface area contributed by atoms with E-state index in [0.29, 0.717) is 37.7 Å². The number of carbonyl (C=O) groups excluding carboxylic acids is 1. The Balaban J connectivity index is 2.02. The molecule has 1 amide bonds. The van der Waals surface area contributed by atoms with E-state index >= 15 is 0 Å². The van der Waals surface area contributed by atoms with Crippen molar-refractivity contribution in [2.45, 2.75) is 24.8 Å². The van der Waals surface area contributed by atoms with Gasteiger partial charge in [-0.25, -0.2) is 8.42 Å². The van der Waals surface area contributed by atoms with Gasteiger partial charge < -0.3 is 4.90 Å². The van der Waals surface area contributed by atoms with E-state index in [-0.39, 0.29) is 21.9 Å². The zero-order chi connectivity index (χ0) is 18.8. The molecule has 0 saturated carbocycles. The molecule has 0 atom stereocenters. The molecule has 0 spiro atoms. The van der Waals surface area contributed by atoms with Crippen molar-refractivity contribution >= 4 is 39.1 Å². The number of nitrogens with zero attached hydrogens (tertiary/aromatic N) is 3. The molecule has 0 aliphatic carbocycles. The third kappa shape index (κ3) is 4.86. The molecule has 1 heterocycles. The smallest absolute Gasteiger partial charge is 0.244 e. The fourth-order valence-corrected chi connectivity index (χ4v) is 4.69. The summed E-state index contributed by atoms with van der Waals surface area (Å²) < 4.78 is 26.9. The maximum atomic E-state index is 12.8. The molecule has 140 valence electrons. The van der Waals surface area contributed by atoms with Gasteiger partial charge in [-0.3, -0.25) is 9.69 Å². The van der Waals surface area contributed by atoms with Crippen LogP contribution in [0.3, 0.4) is 0 Å². The van der Waals surface area contributed by atoms with E-state index < -0.39 is 10.0 Å². The second-order valence-electron chi connectivity index (χ2n) is 6.35. The maximum Gasteiger partial charge on any atom is 0.244 e. The molecule has 1 aliphatic rings. The van der Waals surface area contributed by atoms with Crippen LogP contribution >= 0.6 is 23.2 Å². The van der Waals surface area contributed by atoms with Gasteiger partial charge in [-0.15, -0.1) is 0 Å². The highest BCUT2D eigenvalue weighted by Crippen LogP contribution is 2.28. The summed E-state index contributed by atoms with van der Waals surface area (Å²) in [6.45, 7) is 5.81. The molecule has 25 heavy (non-hydrogen) atoms. The van der Waals surface area contributed by atoms with Crippen LogP contribution in [0.5, 0.6) is 0 Å². The number of likely N-dealkylation sites (N-methyl/N-ethyl adjacent to an activating group) is 1. The Labute approximate surface area is 159 Å². The summed E-state index contributed by atoms with van der Waals surface area (Å²) >= 11 is 11.9. The van der Waals surface area contributed by atoms with Crippen molar-refractivity contribution in [2.24, 2.45) is 0 Å². The highest BCUT2D eigenvalue weighted by Gasteiger charge is 2.31. The van der Waals surface area contributed by atoms with Gasteiger partial charge in [0, 0.05) is 44.3 Å². The van der Waals surface area contributed by atoms with Gasteiger partial charge in [-0.1, -0.05) is 23.2 Å². The van der Waals surface area contributed by atoms with Crippen LogP contribution < -0.4 is 0 Å². The minimum absolute atomic E-state index is 0.0192. The van der Waals surface area contributed by atoms with Gasteiger partial charge in [0.15, 0.2) is 0 Å². The maximum absolute atomic E-state index is 12.8. The molecule has 0 aromatic heterocycles. The number of halogens is 2. The van der Waals surface area contributed by atoms with Gasteiger partial charge in [-0.05, 0) is 32.0 Å². The van der Waals surface area contributed by atoms with E-state index in [1.54, 1.807) is 18.0 Å². The van der Waals surface area contributed by atoms with Crippen molar-refractivity contribution in [2.75, 3.05) is 39.8 Å². The normalized spacial score (nSPS) is 17.0. The van der Waals surface area contributed by atoms with E-state index in [4.69, 9.17) is 23.2 Å². The summed E-state index contributed by atoms with van der Waals surface area (Å²) in [4.78, 5) is 15.8. The van der Waals surface area contributed by atoms with Gasteiger partial charge in [0.2, 0.25) is 15.9 Å². The number of hydrogen-bond donors (Lipinski definition) is 0. The quantitative estimate of drug-likeness (QED) is 0.749. The molecule has 0 N–H and O–H groups in total. The Bertz CT molecular complexity index is 732. The zero-order valence-electron chi connectivity index (χ0n) is 14.6. The minimum Gasteiger partial charge on any atom is -0.342 e. The van der Waals surface area contributed by atoms with Crippen LogP contribution in [0, 0.1) is 0 Å². The van der Waals surface area contributed by atoms with Crippen molar-refractivity contribution in [3.63, 3.8) is 0 Å². The standard InChI is InChI=1S/C16H23Cl2N3O3S/c1-12(2)19(3)16(22)11-20-6-8-21(9-7-20)25(23,24)15-10-13(17)4-5-14(15)18/h4-5,10,12H,6-9,11H2,1-3H3. The van der Waals surface area contributed by atoms with Crippen LogP contribution in [-0.4, -0.2) is 74.2 Å². The zero-order valence-corrected chi connectivity index (χ0v) is 16.9. The molecule has 1 aromatic carbocycles. The van der Waals surface area contributed by atoms with Crippen molar-refractivity contribution in [3.8, 4) is 0 Å². The predicted octanol–water partition coefficient (Wildman–Crippen LogP) is 2.17. The third-order valence-electron chi connectivity index (χ3n) is 4.37. The Kier molecular flexibility index (Phi) is 6.73. The Morgan fingerprint density at radius 3 is 2.36 bits per heavy atom. The number of benzene rings is 1. The average molecular weight is 408 g/mol. The lowest BCUT2D eigenvalue weighted by Gasteiger charge is -2.34. The number of piperazine rings is 1. The van der Waals surface area contributed by atoms with Crippen LogP contribution in [0.4, 0.5) is 0 Å². The summed E-state index contributed by atoms with van der Waals surface area (Å²) in [5, 5.41) is 0.476. The lowest BCUT2D eigenvalue weighted by molar-refractivity contribution is -0.132. The highest BCUT2D eigenvalue weighted by molar-refractivity contribution is 7.89. The predicted molar refractivity (Wildman–Crippen MR) is 99.6 cm³/mol. The van der Waals surface area contributed by atoms with E-state index in [9.17, 15) is 13.2 Å². The lowest BCUT2D eigenvalue weighted by Crippen LogP contribution is -2.51. The van der Waals surface area contributed by atoms with E-state index in [1.165, 1.54) is 16.4 Å². The van der Waals surface area contributed by atoms with Crippen LogP contribution in [0.15, 0.2) is 23.1 Å². The Hall–Kier alpha value is -0.860. The molecule has 1 aromatic rings. The van der Waals surface area contributed by atoms with Gasteiger partial charge in [0.25, 0.3) is 0 Å². The summed E-state index contributed by atoms with van der Waals surface area (Å²) in [6.07, 6.45) is 0. The van der Waals surface area contributed by atoms with E-state index in [2.05, 4.69) is 0 Å². The summed E-state index contributed by atoms with van der Waals surface area (Å²) in [5.74, 6) is 0.0317. The SMILES string of the molecule is CC(C)N(C)C(=O)CN1CCN(S(=O)(=O)c2cc(Cl)ccc2Cl)CC1. The molecular formula is C16H23Cl2N3O3S. The van der Waals surface area contributed by atoms with Gasteiger partial charge in [0.1, 0.15) is 4.90 Å². The lowest BCUT2D eigenvalue weighted by atomic mass is 10.3. The summed E-state index contributed by atoms with van der Waals surface area (Å²) in [6, 6.07) is 4.54. The van der Waals surface area contributed by atoms with Gasteiger partial charge >= 0.3 is 0 Å². The van der Waals surface area contributed by atoms with Gasteiger partial charge in [0.05, 0.1) is 11.6 Å². The number of hydrogen-bond acceptors (Lipinski definition) is 4. The molecule has 6 nitrogen and oxygen atoms in total. The first-order valence-corrected chi connectivity index (χ1v) is 10.3. The fourth-order valence-electron chi connectivity index (χ4n) is 2.53. The summed E-state index contributed by atoms with van der Waals surface area (Å²) in [5.41, 5.74) is 0. The monoisotopic (exact) mass is 407 g/mol. The fraction of sp³-hybridized carbons (Fsp3) is 0.562. The Morgan fingerprint density at radius 1 is 1.20 bits per heavy atom. The molecule has 2 rings (SSSR count). The van der Waals surface area contributed by atoms with Crippen LogP contribution in [-0.2, 0) is 14.8 Å². The molecule has 1 aliphatic heterocycles. The first kappa shape index (κ1) is 20.5. The summed E-state index contributed by atoms with van der Waals surface area (Å²) in [7, 11) is -1.93. The number of amides is 1. The molecule has 0 unspecified atom stereocenters. The second kappa shape index (κ2) is 8.22. The minimum atomic E-state index is -3.70. The number of carbonyl (C=O) groups is 1. The van der Waals surface area contributed by atoms with Crippen molar-refractivity contribution in [1.82, 2.24) is 14.1 Å². The number of rotatable bonds is 5. The topological polar surface area (TPSA) is 60.9 Å². The van der Waals surface area contributed by atoms with E-state index in [0.717, 1.165) is 0 Å². The highest BCUT2D eigenvalue weighted by atomic mass is 35.5. The van der Waals surface area contributed by atoms with Crippen molar-refractivity contribution in [1.29, 1.82) is 0 Å². The molecule has 9 heteroatoms. The first-order chi connectivity index (χ1) is 11.6. The number of sulfonamides is 1. The van der Waals surface area contributed by atoms with Crippen LogP contribution in [0.1, 0.15) is 13.8 Å². The average Bonchev–Trinajstić information content (AvgIpc) is 2.56. The molecule has 1 saturated heterocycles. The molecular weight excluding hydrogens is 385 g/mol. The van der Waals surface area contributed by atoms with E-state index in [1.807, 2.05) is 18.7 Å². The molecule has 0 bridgehead atoms. The largest absolute Gasteiger partial charge is 0.342 e. The second-order valence-corrected chi connectivity index (χ2v) is 9.10. The van der Waals surface area contributed by atoms with Crippen molar-refractivity contribution in [3.05, 3.63) is 28.2 Å². The van der Waals surface area contributed by atoms with Crippen LogP contribution in [0.2, 0.25) is 10.0 Å².